The number of carbonyl (C=O) groups is 1. The minimum Gasteiger partial charge on any atom is -0.450 e. The Morgan fingerprint density at radius 2 is 2.29 bits per heavy atom. The Morgan fingerprint density at radius 3 is 2.29 bits per heavy atom. The van der Waals surface area contributed by atoms with Crippen LogP contribution >= 0.6 is 0 Å². The van der Waals surface area contributed by atoms with E-state index in [9.17, 15) is 4.79 Å². The summed E-state index contributed by atoms with van der Waals surface area (Å²) >= 11 is 0. The van der Waals surface area contributed by atoms with Crippen LogP contribution in [0.5, 0.6) is 0 Å². The van der Waals surface area contributed by atoms with Crippen molar-refractivity contribution in [1.82, 2.24) is 0 Å². The van der Waals surface area contributed by atoms with E-state index < -0.39 is 6.16 Å². The Balaban J connectivity index is 0. The van der Waals surface area contributed by atoms with Crippen LogP contribution in [-0.2, 0) is 4.74 Å². The third-order valence-electron chi connectivity index (χ3n) is 0.268. The fourth-order valence-electron chi connectivity index (χ4n) is 0.123. The molecule has 0 unspecified atom stereocenters. The number of hydrogen-bond donors (Lipinski definition) is 1. The molecule has 0 aliphatic rings. The average Bonchev–Trinajstić information content (AvgIpc) is 1.35. The predicted molar refractivity (Wildman–Crippen MR) is 25.4 cm³/mol. The molecule has 1 N–H and O–H groups in total. The summed E-state index contributed by atoms with van der Waals surface area (Å²) in [6.07, 6.45) is -1.21. The standard InChI is InChI=1S/C3H6O3.Ge/c1-2-6-3(4)5;/h2H2,1H3,(H,4,5);. The van der Waals surface area contributed by atoms with Gasteiger partial charge < -0.3 is 9.84 Å². The molecular weight excluding hydrogens is 157 g/mol. The second-order valence-electron chi connectivity index (χ2n) is 0.699. The van der Waals surface area contributed by atoms with E-state index in [0.29, 0.717) is 0 Å². The molecule has 0 aliphatic carbocycles. The van der Waals surface area contributed by atoms with Gasteiger partial charge in [0.2, 0.25) is 0 Å². The van der Waals surface area contributed by atoms with Gasteiger partial charge in [0, 0.05) is 17.6 Å². The molecular formula is C3H6GeO3. The minimum atomic E-state index is -1.21. The van der Waals surface area contributed by atoms with Crippen LogP contribution in [0.4, 0.5) is 4.79 Å². The topological polar surface area (TPSA) is 46.5 Å². The van der Waals surface area contributed by atoms with Gasteiger partial charge in [-0.15, -0.1) is 0 Å². The number of rotatable bonds is 1. The first-order chi connectivity index (χ1) is 2.77. The van der Waals surface area contributed by atoms with Crippen molar-refractivity contribution >= 4 is 23.8 Å². The third-order valence-corrected chi connectivity index (χ3v) is 0.268. The van der Waals surface area contributed by atoms with Crippen molar-refractivity contribution in [2.24, 2.45) is 0 Å². The molecule has 4 heteroatoms. The molecule has 0 heterocycles. The van der Waals surface area contributed by atoms with Crippen LogP contribution in [0.15, 0.2) is 0 Å². The molecule has 0 rings (SSSR count). The van der Waals surface area contributed by atoms with Crippen LogP contribution in [-0.4, -0.2) is 35.5 Å². The molecule has 0 aromatic carbocycles. The van der Waals surface area contributed by atoms with Gasteiger partial charge in [0.1, 0.15) is 0 Å². The average molecular weight is 163 g/mol. The Morgan fingerprint density at radius 1 is 1.86 bits per heavy atom. The van der Waals surface area contributed by atoms with Crippen molar-refractivity contribution in [1.29, 1.82) is 0 Å². The molecule has 0 atom stereocenters. The van der Waals surface area contributed by atoms with Crippen LogP contribution in [0.1, 0.15) is 6.92 Å². The van der Waals surface area contributed by atoms with Gasteiger partial charge in [0.15, 0.2) is 0 Å². The molecule has 0 aromatic heterocycles. The predicted octanol–water partition coefficient (Wildman–Crippen LogP) is 0.320. The third kappa shape index (κ3) is 10.7. The van der Waals surface area contributed by atoms with Crippen LogP contribution in [0.3, 0.4) is 0 Å². The minimum absolute atomic E-state index is 0. The monoisotopic (exact) mass is 164 g/mol. The van der Waals surface area contributed by atoms with Gasteiger partial charge in [0.05, 0.1) is 6.61 Å². The summed E-state index contributed by atoms with van der Waals surface area (Å²) in [5.41, 5.74) is 0. The Bertz CT molecular complexity index is 54.1. The second-order valence-corrected chi connectivity index (χ2v) is 0.699. The van der Waals surface area contributed by atoms with Crippen molar-refractivity contribution in [3.05, 3.63) is 0 Å². The summed E-state index contributed by atoms with van der Waals surface area (Å²) in [6, 6.07) is 0. The van der Waals surface area contributed by atoms with E-state index in [1.165, 1.54) is 0 Å². The normalized spacial score (nSPS) is 6.43. The van der Waals surface area contributed by atoms with Crippen LogP contribution in [0.2, 0.25) is 0 Å². The number of hydrogen-bond acceptors (Lipinski definition) is 2. The molecule has 3 nitrogen and oxygen atoms in total. The largest absolute Gasteiger partial charge is 0.505 e. The van der Waals surface area contributed by atoms with Gasteiger partial charge in [0.25, 0.3) is 0 Å². The quantitative estimate of drug-likeness (QED) is 0.446. The fourth-order valence-corrected chi connectivity index (χ4v) is 0.123. The van der Waals surface area contributed by atoms with Crippen LogP contribution in [0.25, 0.3) is 0 Å². The molecule has 40 valence electrons. The summed E-state index contributed by atoms with van der Waals surface area (Å²) in [5.74, 6) is 0. The van der Waals surface area contributed by atoms with Gasteiger partial charge in [-0.05, 0) is 6.92 Å². The summed E-state index contributed by atoms with van der Waals surface area (Å²) in [5, 5.41) is 7.69. The number of carboxylic acid groups (broad SMARTS) is 1. The smallest absolute Gasteiger partial charge is 0.450 e. The molecule has 4 radical (unpaired) electrons. The molecule has 0 aliphatic heterocycles. The maximum Gasteiger partial charge on any atom is 0.505 e. The summed E-state index contributed by atoms with van der Waals surface area (Å²) in [6.45, 7) is 1.85. The maximum absolute atomic E-state index is 9.38. The van der Waals surface area contributed by atoms with Crippen molar-refractivity contribution in [2.45, 2.75) is 6.92 Å². The van der Waals surface area contributed by atoms with Gasteiger partial charge in [-0.3, -0.25) is 0 Å². The first-order valence-electron chi connectivity index (χ1n) is 1.63. The van der Waals surface area contributed by atoms with E-state index in [1.807, 2.05) is 0 Å². The molecule has 7 heavy (non-hydrogen) atoms. The van der Waals surface area contributed by atoms with Crippen LogP contribution in [0, 0.1) is 0 Å². The zero-order valence-corrected chi connectivity index (χ0v) is 6.07. The van der Waals surface area contributed by atoms with E-state index in [1.54, 1.807) is 6.92 Å². The first-order valence-corrected chi connectivity index (χ1v) is 1.63. The summed E-state index contributed by atoms with van der Waals surface area (Å²) < 4.78 is 3.96. The van der Waals surface area contributed by atoms with E-state index in [4.69, 9.17) is 5.11 Å². The Kier molecular flexibility index (Phi) is 8.25. The summed E-state index contributed by atoms with van der Waals surface area (Å²) in [7, 11) is 0. The van der Waals surface area contributed by atoms with Crippen molar-refractivity contribution < 1.29 is 14.6 Å². The van der Waals surface area contributed by atoms with Crippen molar-refractivity contribution in [3.63, 3.8) is 0 Å². The van der Waals surface area contributed by atoms with Gasteiger partial charge in [-0.25, -0.2) is 4.79 Å². The molecule has 0 aromatic rings. The van der Waals surface area contributed by atoms with Gasteiger partial charge in [-0.2, -0.15) is 0 Å². The van der Waals surface area contributed by atoms with E-state index >= 15 is 0 Å². The van der Waals surface area contributed by atoms with E-state index in [-0.39, 0.29) is 24.2 Å². The molecule has 0 saturated heterocycles. The van der Waals surface area contributed by atoms with Crippen molar-refractivity contribution in [2.75, 3.05) is 6.61 Å². The van der Waals surface area contributed by atoms with Gasteiger partial charge in [-0.1, -0.05) is 0 Å². The molecule has 0 amide bonds. The molecule has 0 saturated carbocycles. The molecule has 0 spiro atoms. The second kappa shape index (κ2) is 5.81. The van der Waals surface area contributed by atoms with Gasteiger partial charge >= 0.3 is 6.16 Å². The zero-order valence-electron chi connectivity index (χ0n) is 3.97. The zero-order chi connectivity index (χ0) is 4.99. The SMILES string of the molecule is CCOC(=O)O.[Ge]. The molecule has 0 fully saturated rings. The number of ether oxygens (including phenoxy) is 1. The van der Waals surface area contributed by atoms with E-state index in [2.05, 4.69) is 4.74 Å². The van der Waals surface area contributed by atoms with E-state index in [0.717, 1.165) is 0 Å². The van der Waals surface area contributed by atoms with Crippen molar-refractivity contribution in [3.8, 4) is 0 Å². The first kappa shape index (κ1) is 9.94. The molecule has 0 bridgehead atoms. The maximum atomic E-state index is 9.38. The fraction of sp³-hybridized carbons (Fsp3) is 0.667. The summed E-state index contributed by atoms with van der Waals surface area (Å²) in [4.78, 5) is 9.38. The Hall–Kier alpha value is -0.187. The Labute approximate surface area is 52.6 Å². The van der Waals surface area contributed by atoms with Crippen LogP contribution < -0.4 is 0 Å².